The number of benzene rings is 2. The molecule has 0 atom stereocenters. The number of halogens is 1. The van der Waals surface area contributed by atoms with Gasteiger partial charge in [-0.2, -0.15) is 0 Å². The minimum absolute atomic E-state index is 0.0385. The molecule has 2 amide bonds. The Morgan fingerprint density at radius 2 is 1.60 bits per heavy atom. The highest BCUT2D eigenvalue weighted by atomic mass is 19.1. The highest BCUT2D eigenvalue weighted by Crippen LogP contribution is 2.22. The first kappa shape index (κ1) is 18.6. The van der Waals surface area contributed by atoms with Crippen molar-refractivity contribution in [3.63, 3.8) is 0 Å². The van der Waals surface area contributed by atoms with Gasteiger partial charge in [-0.25, -0.2) is 4.39 Å². The molecule has 0 heterocycles. The minimum Gasteiger partial charge on any atom is -0.347 e. The first-order valence-electron chi connectivity index (χ1n) is 8.45. The number of nitrogens with one attached hydrogen (secondary N) is 2. The van der Waals surface area contributed by atoms with Crippen LogP contribution in [0.3, 0.4) is 0 Å². The van der Waals surface area contributed by atoms with Gasteiger partial charge in [0.2, 0.25) is 11.8 Å². The second-order valence-corrected chi connectivity index (χ2v) is 5.79. The van der Waals surface area contributed by atoms with Crippen LogP contribution in [0.1, 0.15) is 30.5 Å². The average molecular weight is 342 g/mol. The van der Waals surface area contributed by atoms with Crippen LogP contribution in [0.4, 0.5) is 10.1 Å². The van der Waals surface area contributed by atoms with Gasteiger partial charge in [-0.15, -0.1) is 0 Å². The Morgan fingerprint density at radius 3 is 2.20 bits per heavy atom. The van der Waals surface area contributed by atoms with E-state index in [9.17, 15) is 14.0 Å². The van der Waals surface area contributed by atoms with Crippen molar-refractivity contribution in [2.24, 2.45) is 0 Å². The van der Waals surface area contributed by atoms with Gasteiger partial charge in [-0.3, -0.25) is 9.59 Å². The molecule has 0 aliphatic carbocycles. The van der Waals surface area contributed by atoms with Crippen LogP contribution in [0, 0.1) is 5.82 Å². The van der Waals surface area contributed by atoms with Gasteiger partial charge in [0.15, 0.2) is 0 Å². The fourth-order valence-corrected chi connectivity index (χ4v) is 2.66. The number of hydrogen-bond acceptors (Lipinski definition) is 2. The van der Waals surface area contributed by atoms with E-state index in [4.69, 9.17) is 0 Å². The summed E-state index contributed by atoms with van der Waals surface area (Å²) in [5, 5.41) is 5.47. The van der Waals surface area contributed by atoms with Crippen molar-refractivity contribution in [3.05, 3.63) is 65.0 Å². The van der Waals surface area contributed by atoms with Crippen LogP contribution in [0.5, 0.6) is 0 Å². The van der Waals surface area contributed by atoms with Crippen LogP contribution < -0.4 is 10.6 Å². The van der Waals surface area contributed by atoms with E-state index in [1.165, 1.54) is 12.1 Å². The Morgan fingerprint density at radius 1 is 0.960 bits per heavy atom. The molecule has 5 heteroatoms. The van der Waals surface area contributed by atoms with Crippen molar-refractivity contribution in [3.8, 4) is 0 Å². The topological polar surface area (TPSA) is 58.2 Å². The number of anilines is 1. The maximum Gasteiger partial charge on any atom is 0.243 e. The molecule has 0 spiro atoms. The summed E-state index contributed by atoms with van der Waals surface area (Å²) in [5.41, 5.74) is 3.54. The maximum absolute atomic E-state index is 13.1. The third-order valence-corrected chi connectivity index (χ3v) is 3.96. The summed E-state index contributed by atoms with van der Waals surface area (Å²) in [6, 6.07) is 11.8. The lowest BCUT2D eigenvalue weighted by Crippen LogP contribution is -2.34. The van der Waals surface area contributed by atoms with Crippen molar-refractivity contribution in [2.75, 3.05) is 11.9 Å². The normalized spacial score (nSPS) is 10.4. The number of aryl methyl sites for hydroxylation is 2. The largest absolute Gasteiger partial charge is 0.347 e. The van der Waals surface area contributed by atoms with E-state index >= 15 is 0 Å². The molecule has 0 bridgehead atoms. The van der Waals surface area contributed by atoms with Gasteiger partial charge in [0, 0.05) is 5.69 Å². The van der Waals surface area contributed by atoms with Crippen LogP contribution in [0.25, 0.3) is 0 Å². The van der Waals surface area contributed by atoms with Crippen LogP contribution in [0.2, 0.25) is 0 Å². The zero-order chi connectivity index (χ0) is 18.2. The van der Waals surface area contributed by atoms with Crippen molar-refractivity contribution in [1.82, 2.24) is 5.32 Å². The van der Waals surface area contributed by atoms with E-state index in [1.807, 2.05) is 32.0 Å². The molecule has 0 aliphatic rings. The van der Waals surface area contributed by atoms with Gasteiger partial charge < -0.3 is 10.6 Å². The summed E-state index contributed by atoms with van der Waals surface area (Å²) in [7, 11) is 0. The molecule has 0 saturated carbocycles. The zero-order valence-electron chi connectivity index (χ0n) is 14.6. The third-order valence-electron chi connectivity index (χ3n) is 3.96. The summed E-state index contributed by atoms with van der Waals surface area (Å²) >= 11 is 0. The van der Waals surface area contributed by atoms with Crippen molar-refractivity contribution in [2.45, 2.75) is 33.1 Å². The second-order valence-electron chi connectivity index (χ2n) is 5.79. The Balaban J connectivity index is 1.92. The molecular formula is C20H23FN2O2. The molecule has 0 fully saturated rings. The van der Waals surface area contributed by atoms with Crippen LogP contribution in [-0.2, 0) is 28.9 Å². The lowest BCUT2D eigenvalue weighted by molar-refractivity contribution is -0.123. The molecule has 25 heavy (non-hydrogen) atoms. The highest BCUT2D eigenvalue weighted by Gasteiger charge is 2.11. The van der Waals surface area contributed by atoms with Gasteiger partial charge in [-0.1, -0.05) is 44.2 Å². The van der Waals surface area contributed by atoms with Crippen molar-refractivity contribution in [1.29, 1.82) is 0 Å². The standard InChI is InChI=1S/C20H23FN2O2/c1-3-15-8-6-9-16(4-2)20(15)23-19(25)13-22-18(24)12-14-7-5-10-17(21)11-14/h5-11H,3-4,12-13H2,1-2H3,(H,22,24)(H,23,25). The average Bonchev–Trinajstić information content (AvgIpc) is 2.60. The Bertz CT molecular complexity index is 737. The molecule has 132 valence electrons. The van der Waals surface area contributed by atoms with E-state index in [-0.39, 0.29) is 30.6 Å². The van der Waals surface area contributed by atoms with Crippen LogP contribution in [-0.4, -0.2) is 18.4 Å². The Labute approximate surface area is 147 Å². The van der Waals surface area contributed by atoms with Gasteiger partial charge in [0.1, 0.15) is 5.82 Å². The summed E-state index contributed by atoms with van der Waals surface area (Å²) in [6.07, 6.45) is 1.67. The number of carbonyl (C=O) groups is 2. The summed E-state index contributed by atoms with van der Waals surface area (Å²) in [6.45, 7) is 3.95. The Kier molecular flexibility index (Phi) is 6.69. The summed E-state index contributed by atoms with van der Waals surface area (Å²) in [5.74, 6) is -0.977. The molecule has 2 aromatic rings. The first-order valence-corrected chi connectivity index (χ1v) is 8.45. The Hall–Kier alpha value is -2.69. The number of para-hydroxylation sites is 1. The first-order chi connectivity index (χ1) is 12.0. The number of amides is 2. The molecule has 0 saturated heterocycles. The number of hydrogen-bond donors (Lipinski definition) is 2. The summed E-state index contributed by atoms with van der Waals surface area (Å²) in [4.78, 5) is 24.1. The molecule has 0 aromatic heterocycles. The van der Waals surface area contributed by atoms with E-state index in [2.05, 4.69) is 10.6 Å². The molecule has 0 unspecified atom stereocenters. The van der Waals surface area contributed by atoms with Gasteiger partial charge in [-0.05, 0) is 41.7 Å². The number of rotatable bonds is 7. The molecule has 0 radical (unpaired) electrons. The highest BCUT2D eigenvalue weighted by molar-refractivity contribution is 5.96. The van der Waals surface area contributed by atoms with Gasteiger partial charge >= 0.3 is 0 Å². The molecule has 0 aliphatic heterocycles. The quantitative estimate of drug-likeness (QED) is 0.811. The van der Waals surface area contributed by atoms with E-state index in [1.54, 1.807) is 12.1 Å². The zero-order valence-corrected chi connectivity index (χ0v) is 14.6. The fraction of sp³-hybridized carbons (Fsp3) is 0.300. The molecule has 4 nitrogen and oxygen atoms in total. The lowest BCUT2D eigenvalue weighted by Gasteiger charge is -2.14. The van der Waals surface area contributed by atoms with Crippen LogP contribution in [0.15, 0.2) is 42.5 Å². The second kappa shape index (κ2) is 8.97. The molecule has 2 N–H and O–H groups in total. The fourth-order valence-electron chi connectivity index (χ4n) is 2.66. The molecule has 2 aromatic carbocycles. The van der Waals surface area contributed by atoms with Gasteiger partial charge in [0.05, 0.1) is 13.0 Å². The van der Waals surface area contributed by atoms with Crippen LogP contribution >= 0.6 is 0 Å². The summed E-state index contributed by atoms with van der Waals surface area (Å²) < 4.78 is 13.1. The monoisotopic (exact) mass is 342 g/mol. The van der Waals surface area contributed by atoms with Gasteiger partial charge in [0.25, 0.3) is 0 Å². The SMILES string of the molecule is CCc1cccc(CC)c1NC(=O)CNC(=O)Cc1cccc(F)c1. The third kappa shape index (κ3) is 5.41. The predicted octanol–water partition coefficient (Wildman–Crippen LogP) is 3.25. The lowest BCUT2D eigenvalue weighted by atomic mass is 10.0. The molecular weight excluding hydrogens is 319 g/mol. The minimum atomic E-state index is -0.383. The predicted molar refractivity (Wildman–Crippen MR) is 96.9 cm³/mol. The van der Waals surface area contributed by atoms with E-state index < -0.39 is 0 Å². The smallest absolute Gasteiger partial charge is 0.243 e. The van der Waals surface area contributed by atoms with Crippen molar-refractivity contribution < 1.29 is 14.0 Å². The molecule has 2 rings (SSSR count). The maximum atomic E-state index is 13.1. The van der Waals surface area contributed by atoms with E-state index in [0.29, 0.717) is 5.56 Å². The van der Waals surface area contributed by atoms with E-state index in [0.717, 1.165) is 29.7 Å². The van der Waals surface area contributed by atoms with Crippen molar-refractivity contribution >= 4 is 17.5 Å². The number of carbonyl (C=O) groups excluding carboxylic acids is 2.